The minimum Gasteiger partial charge on any atom is -0.320 e. The number of rotatable bonds is 3. The highest BCUT2D eigenvalue weighted by molar-refractivity contribution is 6.02. The highest BCUT2D eigenvalue weighted by Gasteiger charge is 2.14. The minimum absolute atomic E-state index is 0.410. The van der Waals surface area contributed by atoms with E-state index in [2.05, 4.69) is 5.32 Å². The number of hydrogen-bond donors (Lipinski definition) is 1. The number of carbonyl (C=O) groups excluding carboxylic acids is 1. The summed E-state index contributed by atoms with van der Waals surface area (Å²) in [4.78, 5) is 11.6. The van der Waals surface area contributed by atoms with Gasteiger partial charge in [-0.25, -0.2) is 13.2 Å². The Morgan fingerprint density at radius 3 is 2.33 bits per heavy atom. The van der Waals surface area contributed by atoms with E-state index in [4.69, 9.17) is 0 Å². The summed E-state index contributed by atoms with van der Waals surface area (Å²) in [7, 11) is 0. The fraction of sp³-hybridized carbons (Fsp3) is 0.0625. The maximum absolute atomic E-state index is 13.4. The lowest BCUT2D eigenvalue weighted by Crippen LogP contribution is -2.10. The molecule has 0 atom stereocenters. The van der Waals surface area contributed by atoms with E-state index in [0.29, 0.717) is 0 Å². The Morgan fingerprint density at radius 2 is 1.67 bits per heavy atom. The number of carbonyl (C=O) groups is 1. The van der Waals surface area contributed by atoms with Gasteiger partial charge in [0.05, 0.1) is 5.69 Å². The zero-order chi connectivity index (χ0) is 15.4. The van der Waals surface area contributed by atoms with E-state index in [1.165, 1.54) is 12.2 Å². The normalized spacial score (nSPS) is 10.9. The van der Waals surface area contributed by atoms with Crippen molar-refractivity contribution >= 4 is 17.7 Å². The van der Waals surface area contributed by atoms with E-state index in [-0.39, 0.29) is 0 Å². The standard InChI is InChI=1S/C16H12F3NO/c1-10-2-4-11(5-3-10)6-9-14(21)20-13-8-7-12(17)15(18)16(13)19/h2-9H,1H3,(H,20,21)/b9-6+. The number of aryl methyl sites for hydroxylation is 1. The number of hydrogen-bond acceptors (Lipinski definition) is 1. The molecule has 0 radical (unpaired) electrons. The maximum atomic E-state index is 13.4. The van der Waals surface area contributed by atoms with Crippen LogP contribution in [-0.4, -0.2) is 5.91 Å². The molecule has 0 aliphatic rings. The van der Waals surface area contributed by atoms with Gasteiger partial charge < -0.3 is 5.32 Å². The van der Waals surface area contributed by atoms with Crippen LogP contribution in [0.15, 0.2) is 42.5 Å². The van der Waals surface area contributed by atoms with E-state index < -0.39 is 29.0 Å². The first-order valence-electron chi connectivity index (χ1n) is 6.16. The van der Waals surface area contributed by atoms with Crippen LogP contribution in [0.5, 0.6) is 0 Å². The summed E-state index contributed by atoms with van der Waals surface area (Å²) >= 11 is 0. The SMILES string of the molecule is Cc1ccc(/C=C/C(=O)Nc2ccc(F)c(F)c2F)cc1. The summed E-state index contributed by atoms with van der Waals surface area (Å²) < 4.78 is 39.1. The molecule has 0 bridgehead atoms. The van der Waals surface area contributed by atoms with Crippen LogP contribution < -0.4 is 5.32 Å². The molecule has 0 fully saturated rings. The number of anilines is 1. The summed E-state index contributed by atoms with van der Waals surface area (Å²) in [5.74, 6) is -4.98. The van der Waals surface area contributed by atoms with Crippen molar-refractivity contribution in [3.8, 4) is 0 Å². The molecule has 2 aromatic rings. The molecule has 0 unspecified atom stereocenters. The van der Waals surface area contributed by atoms with Crippen molar-refractivity contribution < 1.29 is 18.0 Å². The van der Waals surface area contributed by atoms with Crippen LogP contribution in [0.3, 0.4) is 0 Å². The highest BCUT2D eigenvalue weighted by Crippen LogP contribution is 2.19. The minimum atomic E-state index is -1.62. The van der Waals surface area contributed by atoms with Gasteiger partial charge in [-0.1, -0.05) is 29.8 Å². The third kappa shape index (κ3) is 3.72. The first-order valence-corrected chi connectivity index (χ1v) is 6.16. The molecular formula is C16H12F3NO. The van der Waals surface area contributed by atoms with E-state index in [9.17, 15) is 18.0 Å². The molecule has 2 rings (SSSR count). The smallest absolute Gasteiger partial charge is 0.248 e. The molecule has 0 aliphatic heterocycles. The van der Waals surface area contributed by atoms with Gasteiger partial charge in [0.15, 0.2) is 17.5 Å². The fourth-order valence-electron chi connectivity index (χ4n) is 1.65. The lowest BCUT2D eigenvalue weighted by molar-refractivity contribution is -0.111. The maximum Gasteiger partial charge on any atom is 0.248 e. The monoisotopic (exact) mass is 291 g/mol. The predicted octanol–water partition coefficient (Wildman–Crippen LogP) is 4.06. The van der Waals surface area contributed by atoms with Crippen LogP contribution in [0, 0.1) is 24.4 Å². The van der Waals surface area contributed by atoms with Crippen molar-refractivity contribution in [3.63, 3.8) is 0 Å². The second-order valence-corrected chi connectivity index (χ2v) is 4.46. The van der Waals surface area contributed by atoms with Crippen LogP contribution in [0.1, 0.15) is 11.1 Å². The number of nitrogens with one attached hydrogen (secondary N) is 1. The molecule has 21 heavy (non-hydrogen) atoms. The number of amides is 1. The summed E-state index contributed by atoms with van der Waals surface area (Å²) in [6, 6.07) is 9.11. The van der Waals surface area contributed by atoms with Crippen molar-refractivity contribution in [1.29, 1.82) is 0 Å². The molecule has 0 heterocycles. The number of halogens is 3. The van der Waals surface area contributed by atoms with E-state index in [0.717, 1.165) is 23.3 Å². The van der Waals surface area contributed by atoms with Gasteiger partial charge in [0.25, 0.3) is 0 Å². The first kappa shape index (κ1) is 14.8. The fourth-order valence-corrected chi connectivity index (χ4v) is 1.65. The van der Waals surface area contributed by atoms with Gasteiger partial charge in [-0.15, -0.1) is 0 Å². The third-order valence-corrected chi connectivity index (χ3v) is 2.80. The molecule has 1 amide bonds. The van der Waals surface area contributed by atoms with Crippen molar-refractivity contribution in [3.05, 3.63) is 71.1 Å². The summed E-state index contributed by atoms with van der Waals surface area (Å²) in [6.07, 6.45) is 2.72. The molecule has 1 N–H and O–H groups in total. The molecule has 5 heteroatoms. The zero-order valence-electron chi connectivity index (χ0n) is 11.2. The molecule has 0 aliphatic carbocycles. The predicted molar refractivity (Wildman–Crippen MR) is 75.2 cm³/mol. The molecule has 108 valence electrons. The van der Waals surface area contributed by atoms with Crippen LogP contribution >= 0.6 is 0 Å². The Kier molecular flexibility index (Phi) is 4.42. The van der Waals surface area contributed by atoms with Gasteiger partial charge in [0, 0.05) is 6.08 Å². The first-order chi connectivity index (χ1) is 9.97. The van der Waals surface area contributed by atoms with Crippen molar-refractivity contribution in [1.82, 2.24) is 0 Å². The average molecular weight is 291 g/mol. The van der Waals surface area contributed by atoms with E-state index in [1.807, 2.05) is 31.2 Å². The largest absolute Gasteiger partial charge is 0.320 e. The van der Waals surface area contributed by atoms with Crippen molar-refractivity contribution in [2.75, 3.05) is 5.32 Å². The van der Waals surface area contributed by atoms with Gasteiger partial charge in [0.1, 0.15) is 0 Å². The Balaban J connectivity index is 2.08. The second kappa shape index (κ2) is 6.26. The van der Waals surface area contributed by atoms with Gasteiger partial charge in [0.2, 0.25) is 5.91 Å². The molecular weight excluding hydrogens is 279 g/mol. The Labute approximate surface area is 119 Å². The van der Waals surface area contributed by atoms with E-state index in [1.54, 1.807) is 0 Å². The van der Waals surface area contributed by atoms with Gasteiger partial charge in [-0.2, -0.15) is 0 Å². The summed E-state index contributed by atoms with van der Waals surface area (Å²) in [5.41, 5.74) is 1.47. The molecule has 0 saturated carbocycles. The molecule has 0 spiro atoms. The van der Waals surface area contributed by atoms with Gasteiger partial charge in [-0.3, -0.25) is 4.79 Å². The Hall–Kier alpha value is -2.56. The quantitative estimate of drug-likeness (QED) is 0.670. The lowest BCUT2D eigenvalue weighted by Gasteiger charge is -2.04. The molecule has 0 saturated heterocycles. The van der Waals surface area contributed by atoms with Gasteiger partial charge in [-0.05, 0) is 30.7 Å². The van der Waals surface area contributed by atoms with Crippen molar-refractivity contribution in [2.45, 2.75) is 6.92 Å². The lowest BCUT2D eigenvalue weighted by atomic mass is 10.1. The average Bonchev–Trinajstić information content (AvgIpc) is 2.47. The molecule has 0 aromatic heterocycles. The molecule has 2 aromatic carbocycles. The van der Waals surface area contributed by atoms with E-state index >= 15 is 0 Å². The Morgan fingerprint density at radius 1 is 1.00 bits per heavy atom. The topological polar surface area (TPSA) is 29.1 Å². The Bertz CT molecular complexity index is 693. The second-order valence-electron chi connectivity index (χ2n) is 4.46. The van der Waals surface area contributed by atoms with Crippen LogP contribution in [0.25, 0.3) is 6.08 Å². The highest BCUT2D eigenvalue weighted by atomic mass is 19.2. The summed E-state index contributed by atoms with van der Waals surface area (Å²) in [6.45, 7) is 1.94. The number of benzene rings is 2. The zero-order valence-corrected chi connectivity index (χ0v) is 11.2. The van der Waals surface area contributed by atoms with Crippen LogP contribution in [-0.2, 0) is 4.79 Å². The third-order valence-electron chi connectivity index (χ3n) is 2.80. The van der Waals surface area contributed by atoms with Crippen LogP contribution in [0.2, 0.25) is 0 Å². The summed E-state index contributed by atoms with van der Waals surface area (Å²) in [5, 5.41) is 2.15. The van der Waals surface area contributed by atoms with Crippen LogP contribution in [0.4, 0.5) is 18.9 Å². The van der Waals surface area contributed by atoms with Gasteiger partial charge >= 0.3 is 0 Å². The molecule has 2 nitrogen and oxygen atoms in total. The van der Waals surface area contributed by atoms with Crippen molar-refractivity contribution in [2.24, 2.45) is 0 Å².